The second-order valence-corrected chi connectivity index (χ2v) is 4.93. The molecule has 0 amide bonds. The molecule has 0 saturated carbocycles. The minimum absolute atomic E-state index is 0.275. The van der Waals surface area contributed by atoms with Gasteiger partial charge < -0.3 is 10.3 Å². The van der Waals surface area contributed by atoms with E-state index in [1.807, 2.05) is 0 Å². The van der Waals surface area contributed by atoms with Crippen LogP contribution in [0, 0.1) is 5.92 Å². The fourth-order valence-corrected chi connectivity index (χ4v) is 1.80. The van der Waals surface area contributed by atoms with Gasteiger partial charge in [0.05, 0.1) is 5.71 Å². The lowest BCUT2D eigenvalue weighted by Gasteiger charge is -2.06. The van der Waals surface area contributed by atoms with Gasteiger partial charge in [0.15, 0.2) is 0 Å². The predicted octanol–water partition coefficient (Wildman–Crippen LogP) is 3.68. The molecule has 0 aliphatic carbocycles. The molecule has 0 saturated heterocycles. The zero-order valence-electron chi connectivity index (χ0n) is 11.0. The monoisotopic (exact) mass is 243 g/mol. The number of aliphatic carboxylic acids is 1. The highest BCUT2D eigenvalue weighted by atomic mass is 16.4. The van der Waals surface area contributed by atoms with Gasteiger partial charge in [-0.05, 0) is 31.6 Å². The summed E-state index contributed by atoms with van der Waals surface area (Å²) in [7, 11) is 0. The maximum Gasteiger partial charge on any atom is 0.303 e. The molecule has 0 fully saturated rings. The van der Waals surface area contributed by atoms with Crippen LogP contribution in [0.5, 0.6) is 0 Å². The van der Waals surface area contributed by atoms with E-state index >= 15 is 0 Å². The van der Waals surface area contributed by atoms with Crippen molar-refractivity contribution < 1.29 is 15.1 Å². The number of oxime groups is 1. The van der Waals surface area contributed by atoms with Crippen LogP contribution in [-0.2, 0) is 4.79 Å². The quantitative estimate of drug-likeness (QED) is 0.266. The highest BCUT2D eigenvalue weighted by molar-refractivity contribution is 5.83. The van der Waals surface area contributed by atoms with E-state index in [0.29, 0.717) is 5.92 Å². The van der Waals surface area contributed by atoms with E-state index in [2.05, 4.69) is 19.0 Å². The highest BCUT2D eigenvalue weighted by Crippen LogP contribution is 2.11. The molecule has 0 aliphatic rings. The first-order chi connectivity index (χ1) is 8.06. The Morgan fingerprint density at radius 3 is 2.06 bits per heavy atom. The van der Waals surface area contributed by atoms with E-state index in [9.17, 15) is 4.79 Å². The summed E-state index contributed by atoms with van der Waals surface area (Å²) in [6.07, 6.45) is 6.90. The average Bonchev–Trinajstić information content (AvgIpc) is 2.25. The van der Waals surface area contributed by atoms with E-state index in [-0.39, 0.29) is 6.42 Å². The molecule has 4 nitrogen and oxygen atoms in total. The fourth-order valence-electron chi connectivity index (χ4n) is 1.80. The summed E-state index contributed by atoms with van der Waals surface area (Å²) in [6, 6.07) is 0. The molecule has 0 rings (SSSR count). The molecular weight excluding hydrogens is 218 g/mol. The zero-order valence-corrected chi connectivity index (χ0v) is 11.0. The molecular formula is C13H25NO3. The van der Waals surface area contributed by atoms with Crippen molar-refractivity contribution in [2.75, 3.05) is 0 Å². The van der Waals surface area contributed by atoms with Crippen molar-refractivity contribution in [3.8, 4) is 0 Å². The van der Waals surface area contributed by atoms with Crippen LogP contribution >= 0.6 is 0 Å². The molecule has 4 heteroatoms. The van der Waals surface area contributed by atoms with Crippen LogP contribution in [-0.4, -0.2) is 22.0 Å². The minimum atomic E-state index is -0.711. The molecule has 17 heavy (non-hydrogen) atoms. The first kappa shape index (κ1) is 15.9. The Bertz CT molecular complexity index is 237. The molecule has 0 spiro atoms. The van der Waals surface area contributed by atoms with E-state index in [1.165, 1.54) is 0 Å². The van der Waals surface area contributed by atoms with Gasteiger partial charge >= 0.3 is 5.97 Å². The second-order valence-electron chi connectivity index (χ2n) is 4.93. The van der Waals surface area contributed by atoms with Crippen LogP contribution in [0.15, 0.2) is 5.16 Å². The minimum Gasteiger partial charge on any atom is -0.481 e. The van der Waals surface area contributed by atoms with E-state index in [0.717, 1.165) is 50.7 Å². The lowest BCUT2D eigenvalue weighted by Crippen LogP contribution is -2.03. The number of nitrogens with zero attached hydrogens (tertiary/aromatic N) is 1. The maximum atomic E-state index is 10.3. The van der Waals surface area contributed by atoms with Crippen molar-refractivity contribution in [1.29, 1.82) is 0 Å². The molecule has 0 atom stereocenters. The summed E-state index contributed by atoms with van der Waals surface area (Å²) >= 11 is 0. The molecule has 0 aromatic carbocycles. The average molecular weight is 243 g/mol. The van der Waals surface area contributed by atoms with Crippen molar-refractivity contribution in [3.63, 3.8) is 0 Å². The lowest BCUT2D eigenvalue weighted by molar-refractivity contribution is -0.137. The lowest BCUT2D eigenvalue weighted by atomic mass is 10.0. The Labute approximate surface area is 104 Å². The number of unbranched alkanes of at least 4 members (excludes halogenated alkanes) is 4. The van der Waals surface area contributed by atoms with E-state index in [4.69, 9.17) is 10.3 Å². The first-order valence-electron chi connectivity index (χ1n) is 6.47. The van der Waals surface area contributed by atoms with Gasteiger partial charge in [-0.1, -0.05) is 38.3 Å². The SMILES string of the molecule is CC(C)C/C(CCCCCCCC(=O)O)=N/O. The number of carboxylic acids is 1. The third-order valence-electron chi connectivity index (χ3n) is 2.64. The summed E-state index contributed by atoms with van der Waals surface area (Å²) in [5.74, 6) is -0.187. The number of hydrogen-bond acceptors (Lipinski definition) is 3. The Hall–Kier alpha value is -1.06. The predicted molar refractivity (Wildman–Crippen MR) is 68.6 cm³/mol. The molecule has 100 valence electrons. The third-order valence-corrected chi connectivity index (χ3v) is 2.64. The number of carbonyl (C=O) groups is 1. The number of rotatable bonds is 10. The highest BCUT2D eigenvalue weighted by Gasteiger charge is 2.03. The second kappa shape index (κ2) is 10.1. The van der Waals surface area contributed by atoms with Crippen LogP contribution in [0.25, 0.3) is 0 Å². The van der Waals surface area contributed by atoms with E-state index in [1.54, 1.807) is 0 Å². The van der Waals surface area contributed by atoms with Gasteiger partial charge in [0.1, 0.15) is 0 Å². The van der Waals surface area contributed by atoms with Crippen molar-refractivity contribution in [2.45, 2.75) is 65.2 Å². The molecule has 0 aromatic heterocycles. The van der Waals surface area contributed by atoms with Crippen LogP contribution in [0.1, 0.15) is 65.2 Å². The summed E-state index contributed by atoms with van der Waals surface area (Å²) in [4.78, 5) is 10.3. The van der Waals surface area contributed by atoms with Gasteiger partial charge in [0.25, 0.3) is 0 Å². The first-order valence-corrected chi connectivity index (χ1v) is 6.47. The largest absolute Gasteiger partial charge is 0.481 e. The summed E-state index contributed by atoms with van der Waals surface area (Å²) in [6.45, 7) is 4.22. The summed E-state index contributed by atoms with van der Waals surface area (Å²) < 4.78 is 0. The molecule has 0 unspecified atom stereocenters. The van der Waals surface area contributed by atoms with Gasteiger partial charge in [0.2, 0.25) is 0 Å². The van der Waals surface area contributed by atoms with Crippen molar-refractivity contribution in [2.24, 2.45) is 11.1 Å². The van der Waals surface area contributed by atoms with Crippen molar-refractivity contribution in [3.05, 3.63) is 0 Å². The maximum absolute atomic E-state index is 10.3. The molecule has 0 radical (unpaired) electrons. The molecule has 0 bridgehead atoms. The Morgan fingerprint density at radius 2 is 1.59 bits per heavy atom. The normalized spacial score (nSPS) is 12.1. The van der Waals surface area contributed by atoms with Crippen molar-refractivity contribution >= 4 is 11.7 Å². The molecule has 0 aliphatic heterocycles. The summed E-state index contributed by atoms with van der Waals surface area (Å²) in [5.41, 5.74) is 0.880. The van der Waals surface area contributed by atoms with Gasteiger partial charge in [-0.3, -0.25) is 4.79 Å². The molecule has 0 aromatic rings. The fraction of sp³-hybridized carbons (Fsp3) is 0.846. The van der Waals surface area contributed by atoms with Crippen LogP contribution in [0.2, 0.25) is 0 Å². The Kier molecular flexibility index (Phi) is 9.49. The van der Waals surface area contributed by atoms with Gasteiger partial charge in [-0.15, -0.1) is 0 Å². The van der Waals surface area contributed by atoms with Gasteiger partial charge in [0, 0.05) is 6.42 Å². The molecule has 0 heterocycles. The Morgan fingerprint density at radius 1 is 1.06 bits per heavy atom. The van der Waals surface area contributed by atoms with Crippen LogP contribution < -0.4 is 0 Å². The number of carboxylic acid groups (broad SMARTS) is 1. The smallest absolute Gasteiger partial charge is 0.303 e. The number of hydrogen-bond donors (Lipinski definition) is 2. The van der Waals surface area contributed by atoms with E-state index < -0.39 is 5.97 Å². The van der Waals surface area contributed by atoms with Crippen LogP contribution in [0.3, 0.4) is 0 Å². The summed E-state index contributed by atoms with van der Waals surface area (Å²) in [5, 5.41) is 20.6. The topological polar surface area (TPSA) is 69.9 Å². The van der Waals surface area contributed by atoms with Crippen molar-refractivity contribution in [1.82, 2.24) is 0 Å². The van der Waals surface area contributed by atoms with Gasteiger partial charge in [-0.25, -0.2) is 0 Å². The standard InChI is InChI=1S/C13H25NO3/c1-11(2)10-12(14-17)8-6-4-3-5-7-9-13(15)16/h11,17H,3-10H2,1-2H3,(H,15,16)/b14-12+. The van der Waals surface area contributed by atoms with Crippen LogP contribution in [0.4, 0.5) is 0 Å². The molecule has 2 N–H and O–H groups in total. The zero-order chi connectivity index (χ0) is 13.1. The Balaban J connectivity index is 3.40. The van der Waals surface area contributed by atoms with Gasteiger partial charge in [-0.2, -0.15) is 0 Å². The third kappa shape index (κ3) is 11.2.